The van der Waals surface area contributed by atoms with Crippen molar-refractivity contribution in [3.8, 4) is 0 Å². The summed E-state index contributed by atoms with van der Waals surface area (Å²) < 4.78 is 0. The first-order valence-corrected chi connectivity index (χ1v) is 7.06. The Bertz CT molecular complexity index is 640. The molecule has 0 saturated carbocycles. The van der Waals surface area contributed by atoms with Gasteiger partial charge in [0.25, 0.3) is 5.91 Å². The molecule has 1 amide bonds. The number of nitrogens with one attached hydrogen (secondary N) is 1. The van der Waals surface area contributed by atoms with E-state index in [0.29, 0.717) is 12.1 Å². The molecule has 1 atom stereocenters. The van der Waals surface area contributed by atoms with E-state index in [1.807, 2.05) is 17.5 Å². The molecule has 2 aromatic rings. The summed E-state index contributed by atoms with van der Waals surface area (Å²) in [6.45, 7) is 1.74. The van der Waals surface area contributed by atoms with E-state index in [-0.39, 0.29) is 5.91 Å². The molecule has 2 aromatic heterocycles. The van der Waals surface area contributed by atoms with Crippen LogP contribution in [0.2, 0.25) is 0 Å². The molecule has 102 valence electrons. The third-order valence-corrected chi connectivity index (χ3v) is 3.99. The summed E-state index contributed by atoms with van der Waals surface area (Å²) in [4.78, 5) is 22.7. The Balaban J connectivity index is 1.70. The normalized spacial score (nSPS) is 21.1. The second kappa shape index (κ2) is 5.05. The number of nitrogens with zero attached hydrogens (tertiary/aromatic N) is 2. The summed E-state index contributed by atoms with van der Waals surface area (Å²) in [5.74, 6) is -0.221. The highest BCUT2D eigenvalue weighted by atomic mass is 32.1. The van der Waals surface area contributed by atoms with Crippen LogP contribution in [-0.2, 0) is 9.63 Å². The number of amides is 1. The van der Waals surface area contributed by atoms with Crippen LogP contribution in [0, 0.1) is 0 Å². The molecule has 1 N–H and O–H groups in total. The quantitative estimate of drug-likeness (QED) is 0.944. The van der Waals surface area contributed by atoms with Crippen molar-refractivity contribution in [1.82, 2.24) is 4.98 Å². The van der Waals surface area contributed by atoms with E-state index in [1.165, 1.54) is 0 Å². The van der Waals surface area contributed by atoms with Crippen LogP contribution in [0.3, 0.4) is 0 Å². The van der Waals surface area contributed by atoms with Gasteiger partial charge in [0, 0.05) is 12.6 Å². The van der Waals surface area contributed by atoms with Gasteiger partial charge < -0.3 is 10.2 Å². The fourth-order valence-corrected chi connectivity index (χ4v) is 2.64. The summed E-state index contributed by atoms with van der Waals surface area (Å²) in [5, 5.41) is 8.81. The number of pyridine rings is 1. The van der Waals surface area contributed by atoms with Gasteiger partial charge in [-0.05, 0) is 30.5 Å². The van der Waals surface area contributed by atoms with Crippen molar-refractivity contribution < 1.29 is 9.63 Å². The monoisotopic (exact) mass is 287 g/mol. The Morgan fingerprint density at radius 1 is 1.45 bits per heavy atom. The molecule has 0 unspecified atom stereocenters. The summed E-state index contributed by atoms with van der Waals surface area (Å²) in [6, 6.07) is 7.47. The Labute approximate surface area is 120 Å². The lowest BCUT2D eigenvalue weighted by Gasteiger charge is -2.20. The van der Waals surface area contributed by atoms with Gasteiger partial charge in [0.2, 0.25) is 5.60 Å². The Hall–Kier alpha value is -2.21. The fourth-order valence-electron chi connectivity index (χ4n) is 1.94. The van der Waals surface area contributed by atoms with Crippen molar-refractivity contribution in [3.05, 3.63) is 46.9 Å². The van der Waals surface area contributed by atoms with Crippen molar-refractivity contribution in [3.63, 3.8) is 0 Å². The second-order valence-electron chi connectivity index (χ2n) is 4.71. The van der Waals surface area contributed by atoms with Gasteiger partial charge in [-0.2, -0.15) is 0 Å². The summed E-state index contributed by atoms with van der Waals surface area (Å²) in [5.41, 5.74) is 0.477. The van der Waals surface area contributed by atoms with E-state index < -0.39 is 5.60 Å². The molecule has 20 heavy (non-hydrogen) atoms. The van der Waals surface area contributed by atoms with Gasteiger partial charge >= 0.3 is 0 Å². The average Bonchev–Trinajstić information content (AvgIpc) is 3.09. The SMILES string of the molecule is C[C@]1(C(=O)Nc2cccnc2)CC(c2cccs2)=NO1. The molecule has 0 spiro atoms. The predicted molar refractivity (Wildman–Crippen MR) is 77.8 cm³/mol. The number of carbonyl (C=O) groups excluding carboxylic acids is 1. The molecule has 3 heterocycles. The first-order chi connectivity index (χ1) is 9.67. The van der Waals surface area contributed by atoms with Crippen LogP contribution in [-0.4, -0.2) is 22.2 Å². The highest BCUT2D eigenvalue weighted by Crippen LogP contribution is 2.29. The van der Waals surface area contributed by atoms with Gasteiger partial charge in [0.15, 0.2) is 0 Å². The molecule has 6 heteroatoms. The number of carbonyl (C=O) groups is 1. The number of hydrogen-bond acceptors (Lipinski definition) is 5. The first kappa shape index (κ1) is 12.8. The second-order valence-corrected chi connectivity index (χ2v) is 5.66. The number of aromatic nitrogens is 1. The summed E-state index contributed by atoms with van der Waals surface area (Å²) in [6.07, 6.45) is 3.71. The standard InChI is InChI=1S/C14H13N3O2S/c1-14(13(18)16-10-4-2-6-15-9-10)8-11(17-19-14)12-5-3-7-20-12/h2-7,9H,8H2,1H3,(H,16,18)/t14-/m1/s1. The smallest absolute Gasteiger partial charge is 0.271 e. The molecule has 5 nitrogen and oxygen atoms in total. The van der Waals surface area contributed by atoms with Crippen molar-refractivity contribution in [2.45, 2.75) is 18.9 Å². The van der Waals surface area contributed by atoms with Crippen LogP contribution in [0.25, 0.3) is 0 Å². The predicted octanol–water partition coefficient (Wildman–Crippen LogP) is 2.66. The van der Waals surface area contributed by atoms with Crippen LogP contribution < -0.4 is 5.32 Å². The van der Waals surface area contributed by atoms with E-state index in [9.17, 15) is 4.79 Å². The van der Waals surface area contributed by atoms with E-state index in [4.69, 9.17) is 4.84 Å². The lowest BCUT2D eigenvalue weighted by Crippen LogP contribution is -2.40. The van der Waals surface area contributed by atoms with E-state index in [1.54, 1.807) is 42.8 Å². The molecule has 0 radical (unpaired) electrons. The minimum atomic E-state index is -0.977. The highest BCUT2D eigenvalue weighted by molar-refractivity contribution is 7.12. The lowest BCUT2D eigenvalue weighted by molar-refractivity contribution is -0.135. The van der Waals surface area contributed by atoms with Crippen LogP contribution in [0.1, 0.15) is 18.2 Å². The number of oxime groups is 1. The molecule has 1 aliphatic heterocycles. The highest BCUT2D eigenvalue weighted by Gasteiger charge is 2.42. The maximum absolute atomic E-state index is 12.3. The maximum atomic E-state index is 12.3. The summed E-state index contributed by atoms with van der Waals surface area (Å²) in [7, 11) is 0. The van der Waals surface area contributed by atoms with Gasteiger partial charge in [-0.3, -0.25) is 9.78 Å². The zero-order valence-electron chi connectivity index (χ0n) is 10.9. The van der Waals surface area contributed by atoms with Crippen LogP contribution in [0.15, 0.2) is 47.2 Å². The van der Waals surface area contributed by atoms with Crippen molar-refractivity contribution in [2.24, 2.45) is 5.16 Å². The largest absolute Gasteiger partial charge is 0.379 e. The van der Waals surface area contributed by atoms with E-state index in [0.717, 1.165) is 10.6 Å². The number of rotatable bonds is 3. The number of thiophene rings is 1. The van der Waals surface area contributed by atoms with Crippen molar-refractivity contribution in [1.29, 1.82) is 0 Å². The van der Waals surface area contributed by atoms with Gasteiger partial charge in [0.1, 0.15) is 5.71 Å². The van der Waals surface area contributed by atoms with Crippen LogP contribution >= 0.6 is 11.3 Å². The van der Waals surface area contributed by atoms with Crippen LogP contribution in [0.5, 0.6) is 0 Å². The number of hydrogen-bond donors (Lipinski definition) is 1. The third-order valence-electron chi connectivity index (χ3n) is 3.07. The molecule has 0 aromatic carbocycles. The van der Waals surface area contributed by atoms with Gasteiger partial charge in [-0.15, -0.1) is 11.3 Å². The maximum Gasteiger partial charge on any atom is 0.271 e. The summed E-state index contributed by atoms with van der Waals surface area (Å²) >= 11 is 1.58. The zero-order chi connectivity index (χ0) is 14.0. The lowest BCUT2D eigenvalue weighted by atomic mass is 9.98. The van der Waals surface area contributed by atoms with Gasteiger partial charge in [-0.25, -0.2) is 0 Å². The molecule has 0 bridgehead atoms. The average molecular weight is 287 g/mol. The zero-order valence-corrected chi connectivity index (χ0v) is 11.7. The molecular formula is C14H13N3O2S. The Morgan fingerprint density at radius 2 is 2.35 bits per heavy atom. The van der Waals surface area contributed by atoms with Crippen molar-refractivity contribution >= 4 is 28.6 Å². The van der Waals surface area contributed by atoms with Gasteiger partial charge in [-0.1, -0.05) is 11.2 Å². The Morgan fingerprint density at radius 3 is 3.05 bits per heavy atom. The molecule has 0 fully saturated rings. The third kappa shape index (κ3) is 2.42. The molecular weight excluding hydrogens is 274 g/mol. The molecule has 1 aliphatic rings. The van der Waals surface area contributed by atoms with Crippen LogP contribution in [0.4, 0.5) is 5.69 Å². The number of anilines is 1. The molecule has 3 rings (SSSR count). The van der Waals surface area contributed by atoms with E-state index in [2.05, 4.69) is 15.5 Å². The first-order valence-electron chi connectivity index (χ1n) is 6.18. The minimum absolute atomic E-state index is 0.221. The van der Waals surface area contributed by atoms with Gasteiger partial charge in [0.05, 0.1) is 16.8 Å². The Kier molecular flexibility index (Phi) is 3.23. The topological polar surface area (TPSA) is 63.6 Å². The van der Waals surface area contributed by atoms with E-state index >= 15 is 0 Å². The minimum Gasteiger partial charge on any atom is -0.379 e. The molecule has 0 saturated heterocycles. The fraction of sp³-hybridized carbons (Fsp3) is 0.214. The molecule has 0 aliphatic carbocycles. The van der Waals surface area contributed by atoms with Crippen molar-refractivity contribution in [2.75, 3.05) is 5.32 Å².